The van der Waals surface area contributed by atoms with E-state index in [9.17, 15) is 13.2 Å². The van der Waals surface area contributed by atoms with Crippen LogP contribution >= 0.6 is 11.3 Å². The first-order valence-electron chi connectivity index (χ1n) is 8.36. The highest BCUT2D eigenvalue weighted by Gasteiger charge is 2.34. The molecule has 3 rings (SSSR count). The maximum Gasteiger partial charge on any atom is 0.243 e. The molecule has 0 saturated carbocycles. The minimum atomic E-state index is -3.66. The van der Waals surface area contributed by atoms with Crippen molar-refractivity contribution in [2.24, 2.45) is 0 Å². The second-order valence-electron chi connectivity index (χ2n) is 6.03. The van der Waals surface area contributed by atoms with Gasteiger partial charge in [0.25, 0.3) is 0 Å². The molecule has 9 heteroatoms. The minimum Gasteiger partial charge on any atom is -0.497 e. The first-order valence-corrected chi connectivity index (χ1v) is 10.7. The zero-order valence-electron chi connectivity index (χ0n) is 14.4. The van der Waals surface area contributed by atoms with Gasteiger partial charge in [0.15, 0.2) is 5.13 Å². The van der Waals surface area contributed by atoms with Crippen molar-refractivity contribution in [1.82, 2.24) is 9.29 Å². The van der Waals surface area contributed by atoms with Gasteiger partial charge in [0.1, 0.15) is 5.75 Å². The van der Waals surface area contributed by atoms with Crippen LogP contribution in [-0.4, -0.2) is 43.3 Å². The Labute approximate surface area is 157 Å². The molecule has 7 nitrogen and oxygen atoms in total. The summed E-state index contributed by atoms with van der Waals surface area (Å²) in [5, 5.41) is 5.02. The third-order valence-corrected chi connectivity index (χ3v) is 6.99. The Hall–Kier alpha value is -1.97. The molecule has 0 aliphatic carbocycles. The predicted octanol–water partition coefficient (Wildman–Crippen LogP) is 2.72. The quantitative estimate of drug-likeness (QED) is 0.812. The molecule has 0 radical (unpaired) electrons. The third-order valence-electron chi connectivity index (χ3n) is 4.34. The maximum absolute atomic E-state index is 13.0. The van der Waals surface area contributed by atoms with Gasteiger partial charge in [-0.15, -0.1) is 11.3 Å². The monoisotopic (exact) mass is 395 g/mol. The van der Waals surface area contributed by atoms with Crippen molar-refractivity contribution in [3.05, 3.63) is 35.8 Å². The Balaban J connectivity index is 1.75. The second-order valence-corrected chi connectivity index (χ2v) is 8.82. The van der Waals surface area contributed by atoms with E-state index in [0.717, 1.165) is 12.8 Å². The van der Waals surface area contributed by atoms with E-state index in [1.807, 2.05) is 0 Å². The third kappa shape index (κ3) is 4.22. The molecule has 140 valence electrons. The number of nitrogens with zero attached hydrogens (tertiary/aromatic N) is 2. The summed E-state index contributed by atoms with van der Waals surface area (Å²) in [5.74, 6) is 0.378. The van der Waals surface area contributed by atoms with E-state index in [2.05, 4.69) is 10.3 Å². The summed E-state index contributed by atoms with van der Waals surface area (Å²) in [4.78, 5) is 16.5. The highest BCUT2D eigenvalue weighted by molar-refractivity contribution is 7.89. The number of rotatable bonds is 6. The molecule has 1 amide bonds. The van der Waals surface area contributed by atoms with Crippen molar-refractivity contribution in [3.8, 4) is 5.75 Å². The number of piperidine rings is 1. The van der Waals surface area contributed by atoms with E-state index in [1.54, 1.807) is 23.7 Å². The van der Waals surface area contributed by atoms with Crippen molar-refractivity contribution >= 4 is 32.4 Å². The number of nitrogens with one attached hydrogen (secondary N) is 1. The van der Waals surface area contributed by atoms with E-state index in [4.69, 9.17) is 4.74 Å². The Bertz CT molecular complexity index is 835. The fourth-order valence-electron chi connectivity index (χ4n) is 3.05. The molecule has 0 bridgehead atoms. The molecule has 1 fully saturated rings. The number of anilines is 1. The van der Waals surface area contributed by atoms with Gasteiger partial charge in [0, 0.05) is 30.6 Å². The first kappa shape index (κ1) is 18.8. The van der Waals surface area contributed by atoms with Crippen LogP contribution in [0.2, 0.25) is 0 Å². The van der Waals surface area contributed by atoms with Crippen molar-refractivity contribution in [2.75, 3.05) is 19.0 Å². The zero-order valence-corrected chi connectivity index (χ0v) is 16.1. The fourth-order valence-corrected chi connectivity index (χ4v) is 5.28. The average Bonchev–Trinajstić information content (AvgIpc) is 3.15. The van der Waals surface area contributed by atoms with Crippen LogP contribution in [0.25, 0.3) is 0 Å². The lowest BCUT2D eigenvalue weighted by Crippen LogP contribution is -2.45. The molecule has 1 N–H and O–H groups in total. The van der Waals surface area contributed by atoms with Crippen LogP contribution < -0.4 is 10.1 Å². The molecule has 1 saturated heterocycles. The van der Waals surface area contributed by atoms with Crippen LogP contribution in [0.4, 0.5) is 5.13 Å². The standard InChI is InChI=1S/C17H21N3O4S2/c1-24-14-5-7-15(8-6-14)26(22,23)20-10-3-2-4-13(20)12-16(21)19-17-18-9-11-25-17/h5-9,11,13H,2-4,10,12H2,1H3,(H,18,19,21)/t13-/m0/s1. The highest BCUT2D eigenvalue weighted by atomic mass is 32.2. The van der Waals surface area contributed by atoms with Gasteiger partial charge in [-0.3, -0.25) is 4.79 Å². The smallest absolute Gasteiger partial charge is 0.243 e. The summed E-state index contributed by atoms with van der Waals surface area (Å²) < 4.78 is 32.6. The largest absolute Gasteiger partial charge is 0.497 e. The van der Waals surface area contributed by atoms with Crippen molar-refractivity contribution in [2.45, 2.75) is 36.6 Å². The average molecular weight is 396 g/mol. The number of methoxy groups -OCH3 is 1. The minimum absolute atomic E-state index is 0.120. The molecule has 0 unspecified atom stereocenters. The normalized spacial score (nSPS) is 18.4. The van der Waals surface area contributed by atoms with Crippen LogP contribution in [0.5, 0.6) is 5.75 Å². The van der Waals surface area contributed by atoms with Crippen molar-refractivity contribution < 1.29 is 17.9 Å². The highest BCUT2D eigenvalue weighted by Crippen LogP contribution is 2.28. The SMILES string of the molecule is COc1ccc(S(=O)(=O)N2CCCC[C@H]2CC(=O)Nc2nccs2)cc1. The zero-order chi connectivity index (χ0) is 18.6. The molecule has 1 aliphatic heterocycles. The number of benzene rings is 1. The number of sulfonamides is 1. The first-order chi connectivity index (χ1) is 12.5. The lowest BCUT2D eigenvalue weighted by molar-refractivity contribution is -0.117. The molecule has 1 atom stereocenters. The van der Waals surface area contributed by atoms with E-state index in [1.165, 1.54) is 34.9 Å². The lowest BCUT2D eigenvalue weighted by Gasteiger charge is -2.34. The van der Waals surface area contributed by atoms with Crippen molar-refractivity contribution in [3.63, 3.8) is 0 Å². The Kier molecular flexibility index (Phi) is 5.90. The number of hydrogen-bond donors (Lipinski definition) is 1. The van der Waals surface area contributed by atoms with Crippen LogP contribution in [-0.2, 0) is 14.8 Å². The number of ether oxygens (including phenoxy) is 1. The molecular formula is C17H21N3O4S2. The molecule has 0 spiro atoms. The Morgan fingerprint density at radius 2 is 2.12 bits per heavy atom. The summed E-state index contributed by atoms with van der Waals surface area (Å²) in [6.07, 6.45) is 4.10. The van der Waals surface area contributed by atoms with Gasteiger partial charge in [-0.2, -0.15) is 4.31 Å². The van der Waals surface area contributed by atoms with Gasteiger partial charge in [0.05, 0.1) is 12.0 Å². The van der Waals surface area contributed by atoms with E-state index in [-0.39, 0.29) is 23.3 Å². The number of amides is 1. The van der Waals surface area contributed by atoms with E-state index in [0.29, 0.717) is 23.8 Å². The molecular weight excluding hydrogens is 374 g/mol. The Morgan fingerprint density at radius 1 is 1.35 bits per heavy atom. The summed E-state index contributed by atoms with van der Waals surface area (Å²) in [6, 6.07) is 5.98. The van der Waals surface area contributed by atoms with Gasteiger partial charge in [0.2, 0.25) is 15.9 Å². The molecule has 1 aromatic carbocycles. The number of carbonyl (C=O) groups is 1. The van der Waals surface area contributed by atoms with Crippen LogP contribution in [0, 0.1) is 0 Å². The molecule has 26 heavy (non-hydrogen) atoms. The fraction of sp³-hybridized carbons (Fsp3) is 0.412. The van der Waals surface area contributed by atoms with E-state index >= 15 is 0 Å². The molecule has 2 heterocycles. The van der Waals surface area contributed by atoms with Gasteiger partial charge in [-0.1, -0.05) is 6.42 Å². The number of thiazole rings is 1. The van der Waals surface area contributed by atoms with E-state index < -0.39 is 10.0 Å². The van der Waals surface area contributed by atoms with Crippen LogP contribution in [0.15, 0.2) is 40.7 Å². The Morgan fingerprint density at radius 3 is 2.77 bits per heavy atom. The van der Waals surface area contributed by atoms with Crippen LogP contribution in [0.3, 0.4) is 0 Å². The molecule has 1 aliphatic rings. The second kappa shape index (κ2) is 8.15. The topological polar surface area (TPSA) is 88.6 Å². The number of hydrogen-bond acceptors (Lipinski definition) is 6. The van der Waals surface area contributed by atoms with Gasteiger partial charge < -0.3 is 10.1 Å². The van der Waals surface area contributed by atoms with Gasteiger partial charge in [-0.25, -0.2) is 13.4 Å². The summed E-state index contributed by atoms with van der Waals surface area (Å²) in [7, 11) is -2.13. The molecule has 1 aromatic heterocycles. The predicted molar refractivity (Wildman–Crippen MR) is 99.9 cm³/mol. The number of carbonyl (C=O) groups excluding carboxylic acids is 1. The van der Waals surface area contributed by atoms with Crippen LogP contribution in [0.1, 0.15) is 25.7 Å². The van der Waals surface area contributed by atoms with Gasteiger partial charge in [-0.05, 0) is 37.1 Å². The summed E-state index contributed by atoms with van der Waals surface area (Å²) in [6.45, 7) is 0.420. The van der Waals surface area contributed by atoms with Crippen molar-refractivity contribution in [1.29, 1.82) is 0 Å². The number of aromatic nitrogens is 1. The summed E-state index contributed by atoms with van der Waals surface area (Å²) >= 11 is 1.33. The maximum atomic E-state index is 13.0. The summed E-state index contributed by atoms with van der Waals surface area (Å²) in [5.41, 5.74) is 0. The van der Waals surface area contributed by atoms with Gasteiger partial charge >= 0.3 is 0 Å². The molecule has 2 aromatic rings. The lowest BCUT2D eigenvalue weighted by atomic mass is 10.0.